The molecule has 0 radical (unpaired) electrons. The Morgan fingerprint density at radius 1 is 1.53 bits per heavy atom. The average Bonchev–Trinajstić information content (AvgIpc) is 3.41. The number of hydrogen-bond acceptors (Lipinski definition) is 5. The first-order valence-electron chi connectivity index (χ1n) is 10.1. The van der Waals surface area contributed by atoms with Crippen LogP contribution >= 0.6 is 12.2 Å². The van der Waals surface area contributed by atoms with Crippen LogP contribution in [-0.2, 0) is 16.0 Å². The lowest BCUT2D eigenvalue weighted by atomic mass is 10.1. The summed E-state index contributed by atoms with van der Waals surface area (Å²) < 4.78 is 10.1. The largest absolute Gasteiger partial charge is 0.383 e. The second-order valence-corrected chi connectivity index (χ2v) is 8.11. The minimum atomic E-state index is -0.389. The number of carbonyl (C=O) groups excluding carboxylic acids is 1. The standard InChI is InChI=1S/C21H28N6O2S/c1-13-9-16(15(3)26(13)14(2)12-29-4)10-17(11-22)20(28)23-8-7-19-24-25-21(30)27(19)18-5-6-18/h9-10,14,18H,5-8,12H2,1-4H3,(H,23,28)(H,25,30)/b17-10-. The van der Waals surface area contributed by atoms with Crippen LogP contribution in [-0.4, -0.2) is 45.5 Å². The Morgan fingerprint density at radius 3 is 2.90 bits per heavy atom. The van der Waals surface area contributed by atoms with Crippen molar-refractivity contribution in [3.63, 3.8) is 0 Å². The second kappa shape index (κ2) is 9.41. The van der Waals surface area contributed by atoms with Gasteiger partial charge in [-0.25, -0.2) is 0 Å². The van der Waals surface area contributed by atoms with Gasteiger partial charge in [0, 0.05) is 37.5 Å². The number of rotatable bonds is 9. The van der Waals surface area contributed by atoms with Gasteiger partial charge in [-0.2, -0.15) is 10.4 Å². The molecule has 2 aromatic rings. The van der Waals surface area contributed by atoms with Crippen molar-refractivity contribution in [2.24, 2.45) is 0 Å². The first-order valence-corrected chi connectivity index (χ1v) is 10.5. The Morgan fingerprint density at radius 2 is 2.27 bits per heavy atom. The van der Waals surface area contributed by atoms with E-state index in [4.69, 9.17) is 17.0 Å². The molecule has 0 aliphatic heterocycles. The normalized spacial score (nSPS) is 15.1. The lowest BCUT2D eigenvalue weighted by molar-refractivity contribution is -0.117. The van der Waals surface area contributed by atoms with Crippen molar-refractivity contribution in [2.45, 2.75) is 52.1 Å². The summed E-state index contributed by atoms with van der Waals surface area (Å²) in [5.74, 6) is 0.445. The van der Waals surface area contributed by atoms with E-state index in [1.807, 2.05) is 30.6 Å². The van der Waals surface area contributed by atoms with E-state index in [9.17, 15) is 10.1 Å². The molecule has 1 atom stereocenters. The molecule has 0 spiro atoms. The van der Waals surface area contributed by atoms with E-state index in [0.717, 1.165) is 35.6 Å². The summed E-state index contributed by atoms with van der Waals surface area (Å²) in [7, 11) is 1.67. The average molecular weight is 429 g/mol. The van der Waals surface area contributed by atoms with Crippen LogP contribution in [0.4, 0.5) is 0 Å². The predicted molar refractivity (Wildman–Crippen MR) is 116 cm³/mol. The molecule has 2 heterocycles. The maximum Gasteiger partial charge on any atom is 0.261 e. The van der Waals surface area contributed by atoms with Crippen molar-refractivity contribution >= 4 is 24.2 Å². The van der Waals surface area contributed by atoms with Crippen LogP contribution in [0.3, 0.4) is 0 Å². The molecule has 1 unspecified atom stereocenters. The second-order valence-electron chi connectivity index (χ2n) is 7.72. The number of aryl methyl sites for hydroxylation is 1. The van der Waals surface area contributed by atoms with Gasteiger partial charge in [0.2, 0.25) is 0 Å². The zero-order valence-electron chi connectivity index (χ0n) is 17.9. The van der Waals surface area contributed by atoms with Crippen LogP contribution < -0.4 is 5.32 Å². The minimum Gasteiger partial charge on any atom is -0.383 e. The van der Waals surface area contributed by atoms with Gasteiger partial charge in [-0.1, -0.05) is 0 Å². The van der Waals surface area contributed by atoms with Gasteiger partial charge in [-0.15, -0.1) is 0 Å². The number of H-pyrrole nitrogens is 1. The molecule has 160 valence electrons. The summed E-state index contributed by atoms with van der Waals surface area (Å²) in [5.41, 5.74) is 2.99. The fraction of sp³-hybridized carbons (Fsp3) is 0.524. The number of aromatic nitrogens is 4. The summed E-state index contributed by atoms with van der Waals surface area (Å²) >= 11 is 5.28. The van der Waals surface area contributed by atoms with Crippen molar-refractivity contribution < 1.29 is 9.53 Å². The van der Waals surface area contributed by atoms with E-state index in [0.29, 0.717) is 30.4 Å². The molecule has 0 aromatic carbocycles. The van der Waals surface area contributed by atoms with E-state index in [-0.39, 0.29) is 17.5 Å². The molecule has 1 saturated carbocycles. The van der Waals surface area contributed by atoms with Crippen molar-refractivity contribution in [3.05, 3.63) is 39.2 Å². The molecule has 0 bridgehead atoms. The molecule has 1 amide bonds. The number of carbonyl (C=O) groups is 1. The highest BCUT2D eigenvalue weighted by Crippen LogP contribution is 2.35. The Labute approximate surface area is 181 Å². The Bertz CT molecular complexity index is 1050. The van der Waals surface area contributed by atoms with E-state index in [2.05, 4.69) is 27.0 Å². The van der Waals surface area contributed by atoms with E-state index in [1.54, 1.807) is 13.2 Å². The molecule has 30 heavy (non-hydrogen) atoms. The van der Waals surface area contributed by atoms with Gasteiger partial charge >= 0.3 is 0 Å². The van der Waals surface area contributed by atoms with Gasteiger partial charge in [0.15, 0.2) is 4.77 Å². The molecule has 8 nitrogen and oxygen atoms in total. The predicted octanol–water partition coefficient (Wildman–Crippen LogP) is 3.17. The van der Waals surface area contributed by atoms with Crippen LogP contribution in [0.25, 0.3) is 6.08 Å². The number of amides is 1. The number of nitrogens with one attached hydrogen (secondary N) is 2. The number of methoxy groups -OCH3 is 1. The third-order valence-corrected chi connectivity index (χ3v) is 5.65. The quantitative estimate of drug-likeness (QED) is 0.363. The Hall–Kier alpha value is -2.70. The maximum atomic E-state index is 12.6. The third kappa shape index (κ3) is 4.71. The maximum absolute atomic E-state index is 12.6. The number of ether oxygens (including phenoxy) is 1. The molecule has 1 aliphatic carbocycles. The molecule has 2 aromatic heterocycles. The van der Waals surface area contributed by atoms with E-state index >= 15 is 0 Å². The minimum absolute atomic E-state index is 0.0794. The van der Waals surface area contributed by atoms with Crippen molar-refractivity contribution in [1.82, 2.24) is 24.6 Å². The van der Waals surface area contributed by atoms with Crippen LogP contribution in [0.15, 0.2) is 11.6 Å². The fourth-order valence-corrected chi connectivity index (χ4v) is 4.15. The molecule has 9 heteroatoms. The number of aromatic amines is 1. The highest BCUT2D eigenvalue weighted by molar-refractivity contribution is 7.71. The zero-order chi connectivity index (χ0) is 21.8. The molecular formula is C21H28N6O2S. The van der Waals surface area contributed by atoms with E-state index < -0.39 is 0 Å². The first-order chi connectivity index (χ1) is 14.4. The summed E-state index contributed by atoms with van der Waals surface area (Å²) in [5, 5.41) is 19.4. The number of nitrogens with zero attached hydrogens (tertiary/aromatic N) is 4. The zero-order valence-corrected chi connectivity index (χ0v) is 18.7. The first kappa shape index (κ1) is 22.0. The van der Waals surface area contributed by atoms with Gasteiger partial charge in [-0.05, 0) is 63.5 Å². The Balaban J connectivity index is 1.68. The smallest absolute Gasteiger partial charge is 0.261 e. The van der Waals surface area contributed by atoms with Crippen molar-refractivity contribution in [1.29, 1.82) is 5.26 Å². The van der Waals surface area contributed by atoms with Crippen LogP contribution in [0.2, 0.25) is 0 Å². The van der Waals surface area contributed by atoms with Gasteiger partial charge in [-0.3, -0.25) is 9.89 Å². The lowest BCUT2D eigenvalue weighted by Crippen LogP contribution is -2.27. The summed E-state index contributed by atoms with van der Waals surface area (Å²) in [4.78, 5) is 12.6. The summed E-state index contributed by atoms with van der Waals surface area (Å²) in [6.07, 6.45) is 4.41. The highest BCUT2D eigenvalue weighted by atomic mass is 32.1. The molecule has 3 rings (SSSR count). The Kier molecular flexibility index (Phi) is 6.90. The molecule has 1 fully saturated rings. The molecule has 2 N–H and O–H groups in total. The van der Waals surface area contributed by atoms with Gasteiger partial charge in [0.05, 0.1) is 12.6 Å². The molecule has 0 saturated heterocycles. The summed E-state index contributed by atoms with van der Waals surface area (Å²) in [6.45, 7) is 7.04. The van der Waals surface area contributed by atoms with Crippen LogP contribution in [0.1, 0.15) is 54.6 Å². The van der Waals surface area contributed by atoms with Crippen LogP contribution in [0.5, 0.6) is 0 Å². The van der Waals surface area contributed by atoms with E-state index in [1.165, 1.54) is 0 Å². The van der Waals surface area contributed by atoms with Gasteiger partial charge in [0.25, 0.3) is 5.91 Å². The van der Waals surface area contributed by atoms with Crippen molar-refractivity contribution in [2.75, 3.05) is 20.3 Å². The third-order valence-electron chi connectivity index (χ3n) is 5.36. The van der Waals surface area contributed by atoms with Crippen molar-refractivity contribution in [3.8, 4) is 6.07 Å². The molecular weight excluding hydrogens is 400 g/mol. The van der Waals surface area contributed by atoms with Gasteiger partial charge < -0.3 is 19.2 Å². The summed E-state index contributed by atoms with van der Waals surface area (Å²) in [6, 6.07) is 4.60. The molecule has 1 aliphatic rings. The van der Waals surface area contributed by atoms with Crippen LogP contribution in [0, 0.1) is 29.9 Å². The topological polar surface area (TPSA) is 101 Å². The highest BCUT2D eigenvalue weighted by Gasteiger charge is 2.27. The lowest BCUT2D eigenvalue weighted by Gasteiger charge is -2.17. The number of nitriles is 1. The number of hydrogen-bond donors (Lipinski definition) is 2. The SMILES string of the molecule is COCC(C)n1c(C)cc(/C=C(/C#N)C(=O)NCCc2n[nH]c(=S)n2C2CC2)c1C. The monoisotopic (exact) mass is 428 g/mol. The van der Waals surface area contributed by atoms with Gasteiger partial charge in [0.1, 0.15) is 17.5 Å². The fourth-order valence-electron chi connectivity index (χ4n) is 3.85.